The third kappa shape index (κ3) is 3.59. The zero-order chi connectivity index (χ0) is 14.4. The molecule has 0 amide bonds. The van der Waals surface area contributed by atoms with Gasteiger partial charge in [0, 0.05) is 11.3 Å². The summed E-state index contributed by atoms with van der Waals surface area (Å²) in [4.78, 5) is 34.6. The van der Waals surface area contributed by atoms with Crippen LogP contribution in [-0.2, 0) is 16.0 Å². The van der Waals surface area contributed by atoms with Gasteiger partial charge in [-0.05, 0) is 19.8 Å². The number of carbonyl (C=O) groups is 1. The SMILES string of the molecule is CCCCc1c(N[C@@H](CS)C(=O)OCC)c(=O)c1=O. The van der Waals surface area contributed by atoms with Gasteiger partial charge in [0.1, 0.15) is 6.04 Å². The molecule has 1 aromatic carbocycles. The largest absolute Gasteiger partial charge is 0.464 e. The van der Waals surface area contributed by atoms with Crippen LogP contribution in [0.1, 0.15) is 32.3 Å². The van der Waals surface area contributed by atoms with E-state index in [-0.39, 0.29) is 18.0 Å². The van der Waals surface area contributed by atoms with Crippen molar-refractivity contribution in [3.05, 3.63) is 26.0 Å². The second-order valence-corrected chi connectivity index (χ2v) is 4.61. The quantitative estimate of drug-likeness (QED) is 0.422. The number of anilines is 1. The summed E-state index contributed by atoms with van der Waals surface area (Å²) in [5.74, 6) is -0.266. The number of thiol groups is 1. The van der Waals surface area contributed by atoms with Gasteiger partial charge in [0.2, 0.25) is 10.9 Å². The fourth-order valence-corrected chi connectivity index (χ4v) is 2.02. The van der Waals surface area contributed by atoms with E-state index < -0.39 is 22.9 Å². The van der Waals surface area contributed by atoms with Crippen molar-refractivity contribution in [2.75, 3.05) is 17.7 Å². The standard InChI is InChI=1S/C13H19NO4S/c1-3-5-6-8-10(12(16)11(8)15)14-9(7-19)13(17)18-4-2/h9,14,19H,3-7H2,1-2H3/t9-/m0/s1. The molecule has 0 radical (unpaired) electrons. The monoisotopic (exact) mass is 285 g/mol. The van der Waals surface area contributed by atoms with Crippen molar-refractivity contribution in [1.82, 2.24) is 0 Å². The molecule has 0 aliphatic rings. The average molecular weight is 285 g/mol. The maximum Gasteiger partial charge on any atom is 0.329 e. The molecule has 0 saturated carbocycles. The number of unbranched alkanes of at least 4 members (excludes halogenated alkanes) is 1. The predicted molar refractivity (Wildman–Crippen MR) is 77.9 cm³/mol. The Labute approximate surface area is 117 Å². The molecule has 0 bridgehead atoms. The molecule has 1 N–H and O–H groups in total. The number of hydrogen-bond donors (Lipinski definition) is 2. The van der Waals surface area contributed by atoms with Gasteiger partial charge in [0.25, 0.3) is 0 Å². The lowest BCUT2D eigenvalue weighted by Gasteiger charge is -2.19. The highest BCUT2D eigenvalue weighted by Crippen LogP contribution is 2.13. The first-order valence-electron chi connectivity index (χ1n) is 6.42. The molecule has 106 valence electrons. The van der Waals surface area contributed by atoms with Crippen molar-refractivity contribution >= 4 is 24.3 Å². The van der Waals surface area contributed by atoms with Gasteiger partial charge in [-0.1, -0.05) is 13.3 Å². The molecule has 0 saturated heterocycles. The second kappa shape index (κ2) is 7.33. The Morgan fingerprint density at radius 3 is 2.53 bits per heavy atom. The lowest BCUT2D eigenvalue weighted by atomic mass is 10.0. The number of hydrogen-bond acceptors (Lipinski definition) is 6. The summed E-state index contributed by atoms with van der Waals surface area (Å²) < 4.78 is 4.87. The highest BCUT2D eigenvalue weighted by Gasteiger charge is 2.25. The first-order valence-corrected chi connectivity index (χ1v) is 7.06. The fraction of sp³-hybridized carbons (Fsp3) is 0.615. The molecule has 0 heterocycles. The maximum absolute atomic E-state index is 11.6. The first-order chi connectivity index (χ1) is 9.06. The van der Waals surface area contributed by atoms with E-state index in [1.807, 2.05) is 6.92 Å². The van der Waals surface area contributed by atoms with Gasteiger partial charge in [-0.15, -0.1) is 0 Å². The summed E-state index contributed by atoms with van der Waals surface area (Å²) in [6.07, 6.45) is 2.34. The van der Waals surface area contributed by atoms with Crippen molar-refractivity contribution < 1.29 is 9.53 Å². The van der Waals surface area contributed by atoms with Crippen LogP contribution in [0.15, 0.2) is 9.59 Å². The number of rotatable bonds is 8. The van der Waals surface area contributed by atoms with Gasteiger partial charge in [-0.25, -0.2) is 4.79 Å². The van der Waals surface area contributed by atoms with E-state index in [0.29, 0.717) is 12.0 Å². The number of nitrogens with one attached hydrogen (secondary N) is 1. The van der Waals surface area contributed by atoms with Crippen molar-refractivity contribution in [3.8, 4) is 0 Å². The molecule has 0 aromatic heterocycles. The zero-order valence-electron chi connectivity index (χ0n) is 11.2. The summed E-state index contributed by atoms with van der Waals surface area (Å²) in [5, 5.41) is 2.79. The smallest absolute Gasteiger partial charge is 0.329 e. The minimum Gasteiger partial charge on any atom is -0.464 e. The molecule has 0 fully saturated rings. The number of carbonyl (C=O) groups excluding carboxylic acids is 1. The third-order valence-electron chi connectivity index (χ3n) is 2.86. The predicted octanol–water partition coefficient (Wildman–Crippen LogP) is 0.899. The van der Waals surface area contributed by atoms with Crippen LogP contribution in [0, 0.1) is 0 Å². The number of esters is 1. The minimum absolute atomic E-state index is 0.199. The van der Waals surface area contributed by atoms with Crippen LogP contribution in [0.3, 0.4) is 0 Å². The van der Waals surface area contributed by atoms with Crippen molar-refractivity contribution in [1.29, 1.82) is 0 Å². The Hall–Kier alpha value is -1.30. The molecule has 19 heavy (non-hydrogen) atoms. The van der Waals surface area contributed by atoms with Gasteiger partial charge in [0.15, 0.2) is 0 Å². The van der Waals surface area contributed by atoms with E-state index in [4.69, 9.17) is 4.74 Å². The van der Waals surface area contributed by atoms with Crippen LogP contribution >= 0.6 is 12.6 Å². The van der Waals surface area contributed by atoms with Crippen LogP contribution in [0.2, 0.25) is 0 Å². The number of ether oxygens (including phenoxy) is 1. The molecule has 1 aromatic rings. The van der Waals surface area contributed by atoms with E-state index in [1.54, 1.807) is 6.92 Å². The maximum atomic E-state index is 11.6. The molecule has 1 atom stereocenters. The van der Waals surface area contributed by atoms with Gasteiger partial charge >= 0.3 is 5.97 Å². The summed E-state index contributed by atoms with van der Waals surface area (Å²) >= 11 is 4.06. The van der Waals surface area contributed by atoms with Crippen LogP contribution in [0.4, 0.5) is 5.69 Å². The second-order valence-electron chi connectivity index (χ2n) is 4.25. The summed E-state index contributed by atoms with van der Waals surface area (Å²) in [7, 11) is 0. The molecule has 0 unspecified atom stereocenters. The average Bonchev–Trinajstić information content (AvgIpc) is 2.41. The Morgan fingerprint density at radius 1 is 1.32 bits per heavy atom. The Morgan fingerprint density at radius 2 is 2.00 bits per heavy atom. The van der Waals surface area contributed by atoms with Crippen LogP contribution in [0.25, 0.3) is 0 Å². The van der Waals surface area contributed by atoms with Crippen LogP contribution < -0.4 is 16.2 Å². The Kier molecular flexibility index (Phi) is 6.08. The lowest BCUT2D eigenvalue weighted by Crippen LogP contribution is -2.43. The van der Waals surface area contributed by atoms with Crippen molar-refractivity contribution in [3.63, 3.8) is 0 Å². The molecule has 6 heteroatoms. The van der Waals surface area contributed by atoms with E-state index in [0.717, 1.165) is 12.8 Å². The van der Waals surface area contributed by atoms with E-state index in [1.165, 1.54) is 0 Å². The highest BCUT2D eigenvalue weighted by atomic mass is 32.1. The Balaban J connectivity index is 2.80. The van der Waals surface area contributed by atoms with Crippen LogP contribution in [-0.4, -0.2) is 24.4 Å². The van der Waals surface area contributed by atoms with Crippen molar-refractivity contribution in [2.24, 2.45) is 0 Å². The molecule has 0 spiro atoms. The summed E-state index contributed by atoms with van der Waals surface area (Å²) in [5.41, 5.74) is -0.256. The third-order valence-corrected chi connectivity index (χ3v) is 3.23. The molecular formula is C13H19NO4S. The zero-order valence-corrected chi connectivity index (χ0v) is 12.1. The molecular weight excluding hydrogens is 266 g/mol. The first kappa shape index (κ1) is 15.8. The van der Waals surface area contributed by atoms with Gasteiger partial charge in [-0.3, -0.25) is 9.59 Å². The van der Waals surface area contributed by atoms with E-state index >= 15 is 0 Å². The topological polar surface area (TPSA) is 72.5 Å². The van der Waals surface area contributed by atoms with Gasteiger partial charge in [0.05, 0.1) is 12.3 Å². The highest BCUT2D eigenvalue weighted by molar-refractivity contribution is 7.80. The molecule has 1 rings (SSSR count). The molecule has 0 aliphatic heterocycles. The van der Waals surface area contributed by atoms with Crippen molar-refractivity contribution in [2.45, 2.75) is 39.2 Å². The summed E-state index contributed by atoms with van der Waals surface area (Å²) in [6.45, 7) is 3.98. The van der Waals surface area contributed by atoms with Gasteiger partial charge in [-0.2, -0.15) is 12.6 Å². The van der Waals surface area contributed by atoms with E-state index in [2.05, 4.69) is 17.9 Å². The Bertz CT molecular complexity index is 505. The van der Waals surface area contributed by atoms with Crippen LogP contribution in [0.5, 0.6) is 0 Å². The summed E-state index contributed by atoms with van der Waals surface area (Å²) in [6, 6.07) is -0.702. The van der Waals surface area contributed by atoms with E-state index in [9.17, 15) is 14.4 Å². The lowest BCUT2D eigenvalue weighted by molar-refractivity contribution is -0.143. The fourth-order valence-electron chi connectivity index (χ4n) is 1.78. The normalized spacial score (nSPS) is 12.4. The molecule has 0 aliphatic carbocycles. The van der Waals surface area contributed by atoms with Gasteiger partial charge < -0.3 is 10.1 Å². The molecule has 5 nitrogen and oxygen atoms in total. The minimum atomic E-state index is -0.702.